The minimum atomic E-state index is -0.341. The van der Waals surface area contributed by atoms with E-state index >= 15 is 0 Å². The molecule has 2 aromatic rings. The maximum absolute atomic E-state index is 13.3. The van der Waals surface area contributed by atoms with Crippen LogP contribution in [0.3, 0.4) is 0 Å². The number of hydrogen-bond acceptors (Lipinski definition) is 3. The van der Waals surface area contributed by atoms with Gasteiger partial charge in [0, 0.05) is 12.1 Å². The number of nitrogens with one attached hydrogen (secondary N) is 1. The van der Waals surface area contributed by atoms with Gasteiger partial charge >= 0.3 is 0 Å². The van der Waals surface area contributed by atoms with E-state index < -0.39 is 0 Å². The van der Waals surface area contributed by atoms with E-state index in [2.05, 4.69) is 15.5 Å². The maximum Gasteiger partial charge on any atom is 0.151 e. The normalized spacial score (nSPS) is 10.4. The Kier molecular flexibility index (Phi) is 3.05. The fourth-order valence-corrected chi connectivity index (χ4v) is 1.45. The average molecular weight is 241 g/mol. The molecule has 2 rings (SSSR count). The maximum atomic E-state index is 13.3. The van der Waals surface area contributed by atoms with Crippen LogP contribution in [0.2, 0.25) is 5.02 Å². The molecular weight excluding hydrogens is 231 g/mol. The minimum Gasteiger partial charge on any atom is -0.375 e. The molecule has 0 saturated heterocycles. The first-order valence-corrected chi connectivity index (χ1v) is 5.06. The van der Waals surface area contributed by atoms with Crippen molar-refractivity contribution in [1.29, 1.82) is 0 Å². The number of benzene rings is 1. The van der Waals surface area contributed by atoms with E-state index in [1.807, 2.05) is 7.05 Å². The summed E-state index contributed by atoms with van der Waals surface area (Å²) in [5, 5.41) is 11.0. The van der Waals surface area contributed by atoms with Crippen molar-refractivity contribution in [1.82, 2.24) is 14.8 Å². The summed E-state index contributed by atoms with van der Waals surface area (Å²) in [6.07, 6.45) is 1.59. The van der Waals surface area contributed by atoms with Gasteiger partial charge in [-0.05, 0) is 18.2 Å². The number of hydrogen-bond donors (Lipinski definition) is 1. The Bertz CT molecular complexity index is 497. The van der Waals surface area contributed by atoms with Crippen molar-refractivity contribution in [2.24, 2.45) is 7.05 Å². The van der Waals surface area contributed by atoms with Crippen LogP contribution in [0.1, 0.15) is 5.82 Å². The van der Waals surface area contributed by atoms with Gasteiger partial charge in [0.1, 0.15) is 12.1 Å². The predicted octanol–water partition coefficient (Wildman–Crippen LogP) is 2.22. The average Bonchev–Trinajstić information content (AvgIpc) is 2.66. The van der Waals surface area contributed by atoms with Crippen LogP contribution in [-0.2, 0) is 13.6 Å². The Hall–Kier alpha value is -1.62. The summed E-state index contributed by atoms with van der Waals surface area (Å²) in [5.41, 5.74) is 0.357. The van der Waals surface area contributed by atoms with Gasteiger partial charge < -0.3 is 9.88 Å². The molecule has 0 atom stereocenters. The highest BCUT2D eigenvalue weighted by atomic mass is 35.5. The van der Waals surface area contributed by atoms with E-state index in [0.29, 0.717) is 17.3 Å². The first-order valence-electron chi connectivity index (χ1n) is 4.68. The zero-order valence-corrected chi connectivity index (χ0v) is 9.37. The Morgan fingerprint density at radius 1 is 1.50 bits per heavy atom. The fraction of sp³-hybridized carbons (Fsp3) is 0.200. The lowest BCUT2D eigenvalue weighted by Crippen LogP contribution is -2.06. The number of aryl methyl sites for hydroxylation is 1. The summed E-state index contributed by atoms with van der Waals surface area (Å²) < 4.78 is 15.1. The molecule has 0 bridgehead atoms. The fourth-order valence-electron chi connectivity index (χ4n) is 1.27. The number of anilines is 1. The topological polar surface area (TPSA) is 42.7 Å². The van der Waals surface area contributed by atoms with E-state index in [4.69, 9.17) is 11.6 Å². The molecule has 1 aromatic carbocycles. The summed E-state index contributed by atoms with van der Waals surface area (Å²) >= 11 is 5.77. The summed E-state index contributed by atoms with van der Waals surface area (Å²) in [5.74, 6) is 0.381. The number of nitrogens with zero attached hydrogens (tertiary/aromatic N) is 3. The second-order valence-electron chi connectivity index (χ2n) is 3.34. The van der Waals surface area contributed by atoms with Crippen LogP contribution in [-0.4, -0.2) is 14.8 Å². The highest BCUT2D eigenvalue weighted by Gasteiger charge is 2.04. The van der Waals surface area contributed by atoms with Gasteiger partial charge in [-0.25, -0.2) is 4.39 Å². The molecule has 0 aliphatic rings. The molecule has 0 saturated carbocycles. The van der Waals surface area contributed by atoms with Crippen LogP contribution < -0.4 is 5.32 Å². The van der Waals surface area contributed by atoms with E-state index in [9.17, 15) is 4.39 Å². The molecule has 0 unspecified atom stereocenters. The second-order valence-corrected chi connectivity index (χ2v) is 3.77. The Morgan fingerprint density at radius 3 is 3.00 bits per heavy atom. The molecule has 0 fully saturated rings. The van der Waals surface area contributed by atoms with E-state index in [1.165, 1.54) is 18.2 Å². The van der Waals surface area contributed by atoms with Crippen molar-refractivity contribution in [3.63, 3.8) is 0 Å². The SMILES string of the molecule is Cn1cnnc1CNc1cc(Cl)ccc1F. The highest BCUT2D eigenvalue weighted by Crippen LogP contribution is 2.19. The van der Waals surface area contributed by atoms with Crippen molar-refractivity contribution in [3.05, 3.63) is 41.2 Å². The third-order valence-electron chi connectivity index (χ3n) is 2.17. The number of rotatable bonds is 3. The third kappa shape index (κ3) is 2.30. The first kappa shape index (κ1) is 10.9. The van der Waals surface area contributed by atoms with Gasteiger partial charge in [0.05, 0.1) is 12.2 Å². The van der Waals surface area contributed by atoms with Crippen LogP contribution in [0.4, 0.5) is 10.1 Å². The number of aromatic nitrogens is 3. The van der Waals surface area contributed by atoms with Crippen LogP contribution in [0.5, 0.6) is 0 Å². The van der Waals surface area contributed by atoms with Crippen LogP contribution in [0, 0.1) is 5.82 Å². The van der Waals surface area contributed by atoms with Crippen molar-refractivity contribution >= 4 is 17.3 Å². The molecule has 0 spiro atoms. The first-order chi connectivity index (χ1) is 7.66. The van der Waals surface area contributed by atoms with Crippen LogP contribution >= 0.6 is 11.6 Å². The molecule has 16 heavy (non-hydrogen) atoms. The highest BCUT2D eigenvalue weighted by molar-refractivity contribution is 6.30. The summed E-state index contributed by atoms with van der Waals surface area (Å²) in [6.45, 7) is 0.397. The molecule has 1 heterocycles. The van der Waals surface area contributed by atoms with Gasteiger partial charge in [-0.1, -0.05) is 11.6 Å². The summed E-state index contributed by atoms with van der Waals surface area (Å²) in [7, 11) is 1.82. The quantitative estimate of drug-likeness (QED) is 0.895. The van der Waals surface area contributed by atoms with E-state index in [1.54, 1.807) is 10.9 Å². The lowest BCUT2D eigenvalue weighted by Gasteiger charge is -2.07. The monoisotopic (exact) mass is 240 g/mol. The third-order valence-corrected chi connectivity index (χ3v) is 2.41. The minimum absolute atomic E-state index is 0.341. The van der Waals surface area contributed by atoms with Crippen molar-refractivity contribution in [3.8, 4) is 0 Å². The standard InChI is InChI=1S/C10H10ClFN4/c1-16-6-14-15-10(16)5-13-9-4-7(11)2-3-8(9)12/h2-4,6,13H,5H2,1H3. The van der Waals surface area contributed by atoms with E-state index in [-0.39, 0.29) is 5.82 Å². The zero-order valence-electron chi connectivity index (χ0n) is 8.61. The van der Waals surface area contributed by atoms with Crippen LogP contribution in [0.25, 0.3) is 0 Å². The lowest BCUT2D eigenvalue weighted by molar-refractivity contribution is 0.629. The molecule has 1 N–H and O–H groups in total. The van der Waals surface area contributed by atoms with Crippen molar-refractivity contribution < 1.29 is 4.39 Å². The molecule has 1 aromatic heterocycles. The van der Waals surface area contributed by atoms with Gasteiger partial charge in [0.2, 0.25) is 0 Å². The van der Waals surface area contributed by atoms with Gasteiger partial charge in [-0.3, -0.25) is 0 Å². The smallest absolute Gasteiger partial charge is 0.151 e. The molecule has 84 valence electrons. The zero-order chi connectivity index (χ0) is 11.5. The van der Waals surface area contributed by atoms with Gasteiger partial charge in [-0.2, -0.15) is 0 Å². The molecule has 0 aliphatic carbocycles. The van der Waals surface area contributed by atoms with Gasteiger partial charge in [0.25, 0.3) is 0 Å². The Morgan fingerprint density at radius 2 is 2.31 bits per heavy atom. The molecule has 4 nitrogen and oxygen atoms in total. The van der Waals surface area contributed by atoms with Crippen molar-refractivity contribution in [2.45, 2.75) is 6.54 Å². The van der Waals surface area contributed by atoms with E-state index in [0.717, 1.165) is 5.82 Å². The summed E-state index contributed by atoms with van der Waals surface area (Å²) in [6, 6.07) is 4.36. The molecule has 0 aliphatic heterocycles. The molecule has 0 amide bonds. The van der Waals surface area contributed by atoms with Crippen LogP contribution in [0.15, 0.2) is 24.5 Å². The predicted molar refractivity (Wildman–Crippen MR) is 59.7 cm³/mol. The molecule has 0 radical (unpaired) electrons. The lowest BCUT2D eigenvalue weighted by atomic mass is 10.3. The Labute approximate surface area is 97.1 Å². The Balaban J connectivity index is 2.10. The summed E-state index contributed by atoms with van der Waals surface area (Å²) in [4.78, 5) is 0. The van der Waals surface area contributed by atoms with Crippen molar-refractivity contribution in [2.75, 3.05) is 5.32 Å². The van der Waals surface area contributed by atoms with Gasteiger partial charge in [-0.15, -0.1) is 10.2 Å². The molecule has 6 heteroatoms. The van der Waals surface area contributed by atoms with Gasteiger partial charge in [0.15, 0.2) is 5.82 Å². The number of halogens is 2. The largest absolute Gasteiger partial charge is 0.375 e. The second kappa shape index (κ2) is 4.49. The molecular formula is C10H10ClFN4.